The summed E-state index contributed by atoms with van der Waals surface area (Å²) in [5.74, 6) is 0.0394. The van der Waals surface area contributed by atoms with Crippen LogP contribution < -0.4 is 5.32 Å². The number of rotatable bonds is 5. The monoisotopic (exact) mass is 432 g/mol. The lowest BCUT2D eigenvalue weighted by atomic mass is 9.96. The van der Waals surface area contributed by atoms with Gasteiger partial charge in [-0.1, -0.05) is 0 Å². The van der Waals surface area contributed by atoms with Crippen LogP contribution in [0.5, 0.6) is 0 Å². The van der Waals surface area contributed by atoms with Crippen LogP contribution in [0.25, 0.3) is 22.2 Å². The molecule has 7 nitrogen and oxygen atoms in total. The standard InChI is InChI=1S/C21H23F3N6O/c1-29-13-25-12-18(29)16-8-15-9-19(27-11-17(15)26-10-16)28-20(31)14-2-5-30(6-3-14)7-4-21(22,23)24/h8-14H,2-7H2,1H3,(H,27,28,31). The zero-order chi connectivity index (χ0) is 22.0. The van der Waals surface area contributed by atoms with E-state index in [4.69, 9.17) is 0 Å². The van der Waals surface area contributed by atoms with Crippen LogP contribution in [0, 0.1) is 5.92 Å². The maximum atomic E-state index is 12.6. The number of hydrogen-bond acceptors (Lipinski definition) is 5. The summed E-state index contributed by atoms with van der Waals surface area (Å²) in [6, 6.07) is 3.74. The van der Waals surface area contributed by atoms with E-state index >= 15 is 0 Å². The number of alkyl halides is 3. The van der Waals surface area contributed by atoms with Crippen molar-refractivity contribution < 1.29 is 18.0 Å². The fourth-order valence-electron chi connectivity index (χ4n) is 3.81. The van der Waals surface area contributed by atoms with Crippen molar-refractivity contribution in [2.75, 3.05) is 25.0 Å². The Morgan fingerprint density at radius 1 is 1.16 bits per heavy atom. The van der Waals surface area contributed by atoms with Gasteiger partial charge in [-0.15, -0.1) is 0 Å². The van der Waals surface area contributed by atoms with Gasteiger partial charge in [-0.3, -0.25) is 9.78 Å². The van der Waals surface area contributed by atoms with Gasteiger partial charge >= 0.3 is 6.18 Å². The van der Waals surface area contributed by atoms with E-state index in [0.29, 0.717) is 37.3 Å². The number of nitrogens with one attached hydrogen (secondary N) is 1. The van der Waals surface area contributed by atoms with Gasteiger partial charge in [0.1, 0.15) is 5.82 Å². The lowest BCUT2D eigenvalue weighted by Gasteiger charge is -2.31. The van der Waals surface area contributed by atoms with Crippen molar-refractivity contribution in [3.63, 3.8) is 0 Å². The average molecular weight is 432 g/mol. The number of piperidine rings is 1. The molecule has 4 rings (SSSR count). The fraction of sp³-hybridized carbons (Fsp3) is 0.429. The van der Waals surface area contributed by atoms with E-state index in [1.807, 2.05) is 17.7 Å². The number of amides is 1. The van der Waals surface area contributed by atoms with E-state index < -0.39 is 12.6 Å². The first kappa shape index (κ1) is 21.2. The topological polar surface area (TPSA) is 75.9 Å². The fourth-order valence-corrected chi connectivity index (χ4v) is 3.81. The smallest absolute Gasteiger partial charge is 0.334 e. The molecule has 4 heterocycles. The molecule has 0 unspecified atom stereocenters. The van der Waals surface area contributed by atoms with Gasteiger partial charge in [0.2, 0.25) is 5.91 Å². The highest BCUT2D eigenvalue weighted by molar-refractivity contribution is 5.94. The number of likely N-dealkylation sites (tertiary alicyclic amines) is 1. The Morgan fingerprint density at radius 2 is 1.94 bits per heavy atom. The number of hydrogen-bond donors (Lipinski definition) is 1. The largest absolute Gasteiger partial charge is 0.390 e. The molecule has 31 heavy (non-hydrogen) atoms. The van der Waals surface area contributed by atoms with E-state index in [1.54, 1.807) is 35.9 Å². The Morgan fingerprint density at radius 3 is 2.61 bits per heavy atom. The molecule has 0 aliphatic carbocycles. The molecule has 1 amide bonds. The van der Waals surface area contributed by atoms with Crippen molar-refractivity contribution in [3.8, 4) is 11.3 Å². The number of aromatic nitrogens is 4. The lowest BCUT2D eigenvalue weighted by molar-refractivity contribution is -0.139. The first-order chi connectivity index (χ1) is 14.8. The Kier molecular flexibility index (Phi) is 5.90. The number of fused-ring (bicyclic) bond motifs is 1. The minimum absolute atomic E-state index is 0.0178. The number of carbonyl (C=O) groups excluding carboxylic acids is 1. The summed E-state index contributed by atoms with van der Waals surface area (Å²) in [7, 11) is 1.90. The molecule has 0 atom stereocenters. The summed E-state index contributed by atoms with van der Waals surface area (Å²) in [5.41, 5.74) is 2.54. The van der Waals surface area contributed by atoms with E-state index in [-0.39, 0.29) is 18.4 Å². The molecule has 1 N–H and O–H groups in total. The van der Waals surface area contributed by atoms with Crippen LogP contribution in [-0.2, 0) is 11.8 Å². The molecule has 0 aromatic carbocycles. The Balaban J connectivity index is 1.39. The quantitative estimate of drug-likeness (QED) is 0.666. The van der Waals surface area contributed by atoms with Gasteiger partial charge in [-0.2, -0.15) is 13.2 Å². The van der Waals surface area contributed by atoms with Crippen LogP contribution in [-0.4, -0.2) is 56.1 Å². The summed E-state index contributed by atoms with van der Waals surface area (Å²) in [6.45, 7) is 0.949. The molecule has 1 saturated heterocycles. The number of pyridine rings is 2. The van der Waals surface area contributed by atoms with Crippen molar-refractivity contribution in [3.05, 3.63) is 37.1 Å². The lowest BCUT2D eigenvalue weighted by Crippen LogP contribution is -2.39. The van der Waals surface area contributed by atoms with Crippen LogP contribution in [0.15, 0.2) is 37.1 Å². The number of aryl methyl sites for hydroxylation is 1. The van der Waals surface area contributed by atoms with Gasteiger partial charge in [0.05, 0.1) is 36.4 Å². The van der Waals surface area contributed by atoms with Gasteiger partial charge in [0.15, 0.2) is 0 Å². The van der Waals surface area contributed by atoms with Gasteiger partial charge in [0.25, 0.3) is 0 Å². The molecule has 3 aromatic rings. The number of carbonyl (C=O) groups is 1. The Bertz CT molecular complexity index is 1070. The van der Waals surface area contributed by atoms with Crippen LogP contribution in [0.3, 0.4) is 0 Å². The van der Waals surface area contributed by atoms with E-state index in [2.05, 4.69) is 20.3 Å². The third-order valence-corrected chi connectivity index (χ3v) is 5.60. The Labute approximate surface area is 177 Å². The van der Waals surface area contributed by atoms with Crippen LogP contribution >= 0.6 is 0 Å². The summed E-state index contributed by atoms with van der Waals surface area (Å²) in [5, 5.41) is 3.69. The summed E-state index contributed by atoms with van der Waals surface area (Å²) >= 11 is 0. The van der Waals surface area contributed by atoms with Crippen molar-refractivity contribution in [2.24, 2.45) is 13.0 Å². The Hall–Kier alpha value is -3.01. The normalized spacial score (nSPS) is 16.0. The first-order valence-corrected chi connectivity index (χ1v) is 10.1. The molecule has 0 radical (unpaired) electrons. The summed E-state index contributed by atoms with van der Waals surface area (Å²) in [4.78, 5) is 27.2. The minimum atomic E-state index is -4.15. The SMILES string of the molecule is Cn1cncc1-c1cnc2cnc(NC(=O)C3CCN(CCC(F)(F)F)CC3)cc2c1. The number of imidazole rings is 1. The molecule has 1 aliphatic rings. The second-order valence-corrected chi connectivity index (χ2v) is 7.85. The molecular weight excluding hydrogens is 409 g/mol. The molecule has 1 fully saturated rings. The highest BCUT2D eigenvalue weighted by atomic mass is 19.4. The third kappa shape index (κ3) is 5.19. The molecule has 10 heteroatoms. The second kappa shape index (κ2) is 8.62. The first-order valence-electron chi connectivity index (χ1n) is 10.1. The zero-order valence-corrected chi connectivity index (χ0v) is 17.1. The van der Waals surface area contributed by atoms with Crippen molar-refractivity contribution in [1.29, 1.82) is 0 Å². The number of nitrogens with zero attached hydrogens (tertiary/aromatic N) is 5. The number of halogens is 3. The van der Waals surface area contributed by atoms with Crippen LogP contribution in [0.4, 0.5) is 19.0 Å². The minimum Gasteiger partial charge on any atom is -0.334 e. The van der Waals surface area contributed by atoms with Crippen LogP contribution in [0.2, 0.25) is 0 Å². The summed E-state index contributed by atoms with van der Waals surface area (Å²) < 4.78 is 39.1. The summed E-state index contributed by atoms with van der Waals surface area (Å²) in [6.07, 6.45) is 2.93. The second-order valence-electron chi connectivity index (χ2n) is 7.85. The molecule has 164 valence electrons. The highest BCUT2D eigenvalue weighted by Crippen LogP contribution is 2.25. The molecule has 1 aliphatic heterocycles. The molecular formula is C21H23F3N6O. The molecule has 0 saturated carbocycles. The van der Waals surface area contributed by atoms with Gasteiger partial charge < -0.3 is 14.8 Å². The van der Waals surface area contributed by atoms with E-state index in [9.17, 15) is 18.0 Å². The van der Waals surface area contributed by atoms with Gasteiger partial charge in [0, 0.05) is 36.7 Å². The predicted octanol–water partition coefficient (Wildman–Crippen LogP) is 3.63. The molecule has 3 aromatic heterocycles. The van der Waals surface area contributed by atoms with Gasteiger partial charge in [-0.05, 0) is 38.1 Å². The molecule has 0 bridgehead atoms. The predicted molar refractivity (Wildman–Crippen MR) is 110 cm³/mol. The highest BCUT2D eigenvalue weighted by Gasteiger charge is 2.30. The van der Waals surface area contributed by atoms with E-state index in [1.165, 1.54) is 0 Å². The maximum absolute atomic E-state index is 12.6. The number of anilines is 1. The zero-order valence-electron chi connectivity index (χ0n) is 17.1. The maximum Gasteiger partial charge on any atom is 0.390 e. The van der Waals surface area contributed by atoms with Crippen molar-refractivity contribution in [1.82, 2.24) is 24.4 Å². The molecule has 0 spiro atoms. The average Bonchev–Trinajstić information content (AvgIpc) is 3.17. The third-order valence-electron chi connectivity index (χ3n) is 5.60. The van der Waals surface area contributed by atoms with Crippen molar-refractivity contribution >= 4 is 22.6 Å². The van der Waals surface area contributed by atoms with Crippen molar-refractivity contribution in [2.45, 2.75) is 25.4 Å². The van der Waals surface area contributed by atoms with E-state index in [0.717, 1.165) is 16.6 Å². The van der Waals surface area contributed by atoms with Gasteiger partial charge in [-0.25, -0.2) is 9.97 Å². The van der Waals surface area contributed by atoms with Crippen LogP contribution in [0.1, 0.15) is 19.3 Å².